The van der Waals surface area contributed by atoms with Crippen molar-refractivity contribution in [1.82, 2.24) is 0 Å². The topological polar surface area (TPSA) is 30.2 Å². The number of benzene rings is 1. The normalized spacial score (nSPS) is 12.0. The van der Waals surface area contributed by atoms with Crippen LogP contribution in [0.5, 0.6) is 0 Å². The molecule has 0 N–H and O–H groups in total. The van der Waals surface area contributed by atoms with E-state index in [0.29, 0.717) is 5.39 Å². The third kappa shape index (κ3) is 2.36. The third-order valence-corrected chi connectivity index (χ3v) is 2.75. The first-order chi connectivity index (χ1) is 7.91. The summed E-state index contributed by atoms with van der Waals surface area (Å²) in [6.07, 6.45) is -4.42. The molecule has 1 aromatic heterocycles. The van der Waals surface area contributed by atoms with Crippen molar-refractivity contribution in [2.24, 2.45) is 0 Å². The van der Waals surface area contributed by atoms with Gasteiger partial charge in [0.25, 0.3) is 0 Å². The molecule has 17 heavy (non-hydrogen) atoms. The van der Waals surface area contributed by atoms with Crippen LogP contribution < -0.4 is 0 Å². The van der Waals surface area contributed by atoms with Crippen LogP contribution in [0.15, 0.2) is 28.7 Å². The van der Waals surface area contributed by atoms with Gasteiger partial charge in [-0.25, -0.2) is 0 Å². The number of rotatable bonds is 2. The highest BCUT2D eigenvalue weighted by Gasteiger charge is 2.31. The lowest BCUT2D eigenvalue weighted by Gasteiger charge is -2.04. The van der Waals surface area contributed by atoms with E-state index in [-0.39, 0.29) is 22.5 Å². The van der Waals surface area contributed by atoms with Gasteiger partial charge in [-0.1, -0.05) is 22.0 Å². The van der Waals surface area contributed by atoms with E-state index in [1.807, 2.05) is 0 Å². The number of carbonyl (C=O) groups is 1. The molecule has 0 radical (unpaired) electrons. The lowest BCUT2D eigenvalue weighted by molar-refractivity contribution is -0.137. The van der Waals surface area contributed by atoms with Crippen LogP contribution in [-0.2, 0) is 6.18 Å². The average molecular weight is 307 g/mol. The minimum atomic E-state index is -4.42. The summed E-state index contributed by atoms with van der Waals surface area (Å²) >= 11 is 2.97. The number of furan rings is 1. The van der Waals surface area contributed by atoms with Gasteiger partial charge >= 0.3 is 6.18 Å². The van der Waals surface area contributed by atoms with E-state index < -0.39 is 11.7 Å². The summed E-state index contributed by atoms with van der Waals surface area (Å²) < 4.78 is 42.4. The maximum absolute atomic E-state index is 12.4. The zero-order valence-electron chi connectivity index (χ0n) is 8.34. The zero-order chi connectivity index (χ0) is 12.6. The van der Waals surface area contributed by atoms with Gasteiger partial charge in [-0.05, 0) is 18.2 Å². The molecule has 2 aromatic rings. The molecule has 6 heteroatoms. The van der Waals surface area contributed by atoms with E-state index in [2.05, 4.69) is 15.9 Å². The van der Waals surface area contributed by atoms with Gasteiger partial charge in [-0.2, -0.15) is 13.2 Å². The van der Waals surface area contributed by atoms with Crippen LogP contribution in [-0.4, -0.2) is 11.1 Å². The number of hydrogen-bond donors (Lipinski definition) is 0. The number of hydrogen-bond acceptors (Lipinski definition) is 2. The van der Waals surface area contributed by atoms with Crippen LogP contribution in [0.25, 0.3) is 11.0 Å². The summed E-state index contributed by atoms with van der Waals surface area (Å²) in [5.41, 5.74) is -0.735. The third-order valence-electron chi connectivity index (χ3n) is 2.24. The molecule has 1 heterocycles. The van der Waals surface area contributed by atoms with Crippen molar-refractivity contribution in [2.75, 3.05) is 5.33 Å². The largest absolute Gasteiger partial charge is 0.453 e. The summed E-state index contributed by atoms with van der Waals surface area (Å²) in [7, 11) is 0. The molecule has 2 rings (SSSR count). The fraction of sp³-hybridized carbons (Fsp3) is 0.182. The van der Waals surface area contributed by atoms with Gasteiger partial charge in [-0.3, -0.25) is 4.79 Å². The van der Waals surface area contributed by atoms with Gasteiger partial charge in [0.2, 0.25) is 5.78 Å². The number of ketones is 1. The Hall–Kier alpha value is -1.30. The number of carbonyl (C=O) groups excluding carboxylic acids is 1. The second kappa shape index (κ2) is 4.18. The molecule has 0 unspecified atom stereocenters. The predicted octanol–water partition coefficient (Wildman–Crippen LogP) is 4.03. The van der Waals surface area contributed by atoms with E-state index in [1.165, 1.54) is 12.1 Å². The monoisotopic (exact) mass is 306 g/mol. The van der Waals surface area contributed by atoms with Gasteiger partial charge in [0.15, 0.2) is 5.76 Å². The Bertz CT molecular complexity index is 572. The van der Waals surface area contributed by atoms with Crippen LogP contribution in [0.3, 0.4) is 0 Å². The Morgan fingerprint density at radius 3 is 2.59 bits per heavy atom. The van der Waals surface area contributed by atoms with Crippen LogP contribution in [0.4, 0.5) is 13.2 Å². The molecule has 1 aromatic carbocycles. The second-order valence-electron chi connectivity index (χ2n) is 3.42. The summed E-state index contributed by atoms with van der Waals surface area (Å²) in [4.78, 5) is 11.3. The zero-order valence-corrected chi connectivity index (χ0v) is 9.93. The van der Waals surface area contributed by atoms with Gasteiger partial charge in [0.05, 0.1) is 10.9 Å². The van der Waals surface area contributed by atoms with E-state index in [0.717, 1.165) is 12.1 Å². The maximum atomic E-state index is 12.4. The highest BCUT2D eigenvalue weighted by Crippen LogP contribution is 2.32. The first-order valence-corrected chi connectivity index (χ1v) is 5.74. The fourth-order valence-corrected chi connectivity index (χ4v) is 1.69. The summed E-state index contributed by atoms with van der Waals surface area (Å²) in [5, 5.41) is 0.543. The molecule has 0 aliphatic rings. The Labute approximate surface area is 103 Å². The maximum Gasteiger partial charge on any atom is 0.416 e. The molecule has 2 nitrogen and oxygen atoms in total. The van der Waals surface area contributed by atoms with Crippen molar-refractivity contribution >= 4 is 32.7 Å². The molecular formula is C11H6BrF3O2. The van der Waals surface area contributed by atoms with Gasteiger partial charge in [0.1, 0.15) is 5.58 Å². The minimum absolute atomic E-state index is 0.0520. The Morgan fingerprint density at radius 2 is 2.00 bits per heavy atom. The highest BCUT2D eigenvalue weighted by molar-refractivity contribution is 9.09. The standard InChI is InChI=1S/C11H6BrF3O2/c12-5-8(16)10-3-6-1-2-7(11(13,14)15)4-9(6)17-10/h1-4H,5H2. The SMILES string of the molecule is O=C(CBr)c1cc2ccc(C(F)(F)F)cc2o1. The first-order valence-electron chi connectivity index (χ1n) is 4.62. The molecule has 0 amide bonds. The lowest BCUT2D eigenvalue weighted by atomic mass is 10.1. The van der Waals surface area contributed by atoms with E-state index in [4.69, 9.17) is 4.42 Å². The molecule has 0 spiro atoms. The van der Waals surface area contributed by atoms with Crippen LogP contribution >= 0.6 is 15.9 Å². The summed E-state index contributed by atoms with van der Waals surface area (Å²) in [5.74, 6) is -0.258. The molecule has 0 saturated carbocycles. The molecular weight excluding hydrogens is 301 g/mol. The minimum Gasteiger partial charge on any atom is -0.453 e. The number of halogens is 4. The summed E-state index contributed by atoms with van der Waals surface area (Å²) in [6, 6.07) is 4.56. The van der Waals surface area contributed by atoms with E-state index in [9.17, 15) is 18.0 Å². The van der Waals surface area contributed by atoms with Crippen LogP contribution in [0.1, 0.15) is 16.1 Å². The van der Waals surface area contributed by atoms with Crippen molar-refractivity contribution in [3.05, 3.63) is 35.6 Å². The van der Waals surface area contributed by atoms with Crippen molar-refractivity contribution in [2.45, 2.75) is 6.18 Å². The Balaban J connectivity index is 2.52. The molecule has 0 aliphatic carbocycles. The fourth-order valence-electron chi connectivity index (χ4n) is 1.41. The van der Waals surface area contributed by atoms with E-state index >= 15 is 0 Å². The van der Waals surface area contributed by atoms with Gasteiger partial charge in [0, 0.05) is 5.39 Å². The van der Waals surface area contributed by atoms with Crippen molar-refractivity contribution in [1.29, 1.82) is 0 Å². The van der Waals surface area contributed by atoms with Crippen molar-refractivity contribution in [3.8, 4) is 0 Å². The second-order valence-corrected chi connectivity index (χ2v) is 3.98. The van der Waals surface area contributed by atoms with Gasteiger partial charge in [-0.15, -0.1) is 0 Å². The Kier molecular flexibility index (Phi) is 2.99. The predicted molar refractivity (Wildman–Crippen MR) is 59.3 cm³/mol. The molecule has 90 valence electrons. The smallest absolute Gasteiger partial charge is 0.416 e. The average Bonchev–Trinajstić information content (AvgIpc) is 2.69. The van der Waals surface area contributed by atoms with Crippen LogP contribution in [0.2, 0.25) is 0 Å². The molecule has 0 saturated heterocycles. The molecule has 0 aliphatic heterocycles. The van der Waals surface area contributed by atoms with Crippen molar-refractivity contribution < 1.29 is 22.4 Å². The quantitative estimate of drug-likeness (QED) is 0.619. The number of Topliss-reactive ketones (excluding diaryl/α,β-unsaturated/α-hetero) is 1. The first kappa shape index (κ1) is 12.2. The molecule has 0 atom stereocenters. The lowest BCUT2D eigenvalue weighted by Crippen LogP contribution is -2.03. The Morgan fingerprint density at radius 1 is 1.29 bits per heavy atom. The van der Waals surface area contributed by atoms with Gasteiger partial charge < -0.3 is 4.42 Å². The summed E-state index contributed by atoms with van der Waals surface area (Å²) in [6.45, 7) is 0. The van der Waals surface area contributed by atoms with Crippen molar-refractivity contribution in [3.63, 3.8) is 0 Å². The number of alkyl halides is 4. The highest BCUT2D eigenvalue weighted by atomic mass is 79.9. The number of fused-ring (bicyclic) bond motifs is 1. The molecule has 0 bridgehead atoms. The molecule has 0 fully saturated rings. The van der Waals surface area contributed by atoms with E-state index in [1.54, 1.807) is 0 Å². The van der Waals surface area contributed by atoms with Crippen LogP contribution in [0, 0.1) is 0 Å².